The Morgan fingerprint density at radius 3 is 2.65 bits per heavy atom. The molecule has 1 aliphatic rings. The van der Waals surface area contributed by atoms with Crippen molar-refractivity contribution in [3.05, 3.63) is 0 Å². The van der Waals surface area contributed by atoms with Gasteiger partial charge in [-0.15, -0.1) is 0 Å². The average Bonchev–Trinajstić information content (AvgIpc) is 2.34. The van der Waals surface area contributed by atoms with Gasteiger partial charge in [0.05, 0.1) is 18.8 Å². The zero-order valence-corrected chi connectivity index (χ0v) is 11.3. The van der Waals surface area contributed by atoms with E-state index in [1.807, 2.05) is 12.2 Å². The second kappa shape index (κ2) is 6.89. The number of urea groups is 1. The summed E-state index contributed by atoms with van der Waals surface area (Å²) in [7, 11) is 0. The highest BCUT2D eigenvalue weighted by atomic mass is 19.4. The van der Waals surface area contributed by atoms with Crippen LogP contribution >= 0.6 is 0 Å². The van der Waals surface area contributed by atoms with Crippen LogP contribution in [0.1, 0.15) is 13.8 Å². The number of morpholine rings is 1. The minimum Gasteiger partial charge on any atom is -0.376 e. The summed E-state index contributed by atoms with van der Waals surface area (Å²) in [4.78, 5) is 24.7. The molecule has 116 valence electrons. The number of carbonyl (C=O) groups is 2. The maximum atomic E-state index is 11.9. The van der Waals surface area contributed by atoms with Crippen molar-refractivity contribution >= 4 is 11.9 Å². The van der Waals surface area contributed by atoms with Crippen LogP contribution in [-0.4, -0.2) is 61.4 Å². The third-order valence-corrected chi connectivity index (χ3v) is 2.89. The molecular formula is C11H18F3N3O3. The van der Waals surface area contributed by atoms with E-state index in [0.29, 0.717) is 19.7 Å². The third-order valence-electron chi connectivity index (χ3n) is 2.89. The Labute approximate surface area is 114 Å². The van der Waals surface area contributed by atoms with Gasteiger partial charge < -0.3 is 10.1 Å². The molecule has 3 amide bonds. The second-order valence-electron chi connectivity index (χ2n) is 4.64. The fourth-order valence-electron chi connectivity index (χ4n) is 1.80. The molecule has 2 atom stereocenters. The van der Waals surface area contributed by atoms with Gasteiger partial charge >= 0.3 is 12.2 Å². The number of carbonyl (C=O) groups excluding carboxylic acids is 2. The predicted molar refractivity (Wildman–Crippen MR) is 64.0 cm³/mol. The van der Waals surface area contributed by atoms with Crippen LogP contribution in [0.5, 0.6) is 0 Å². The number of hydrogen-bond donors (Lipinski definition) is 2. The monoisotopic (exact) mass is 297 g/mol. The van der Waals surface area contributed by atoms with Crippen molar-refractivity contribution in [2.24, 2.45) is 0 Å². The Balaban J connectivity index is 2.39. The standard InChI is InChI=1S/C11H18F3N3O3/c1-7-5-17(3-4-20-7)8(2)9(18)16-10(19)15-6-11(12,13)14/h7-8H,3-6H2,1-2H3,(H2,15,16,18,19). The Bertz CT molecular complexity index is 363. The van der Waals surface area contributed by atoms with Crippen LogP contribution in [-0.2, 0) is 9.53 Å². The molecule has 0 bridgehead atoms. The molecule has 0 aromatic carbocycles. The van der Waals surface area contributed by atoms with Gasteiger partial charge in [-0.05, 0) is 13.8 Å². The summed E-state index contributed by atoms with van der Waals surface area (Å²) in [6.07, 6.45) is -4.54. The lowest BCUT2D eigenvalue weighted by Crippen LogP contribution is -2.54. The Morgan fingerprint density at radius 2 is 2.10 bits per heavy atom. The van der Waals surface area contributed by atoms with Gasteiger partial charge in [-0.2, -0.15) is 13.2 Å². The summed E-state index contributed by atoms with van der Waals surface area (Å²) in [6.45, 7) is 3.49. The fourth-order valence-corrected chi connectivity index (χ4v) is 1.80. The molecule has 0 spiro atoms. The number of nitrogens with zero attached hydrogens (tertiary/aromatic N) is 1. The maximum Gasteiger partial charge on any atom is 0.405 e. The number of imide groups is 1. The lowest BCUT2D eigenvalue weighted by atomic mass is 10.2. The van der Waals surface area contributed by atoms with Crippen LogP contribution in [0.25, 0.3) is 0 Å². The van der Waals surface area contributed by atoms with Gasteiger partial charge in [0.25, 0.3) is 0 Å². The van der Waals surface area contributed by atoms with E-state index >= 15 is 0 Å². The number of halogens is 3. The number of amides is 3. The number of ether oxygens (including phenoxy) is 1. The highest BCUT2D eigenvalue weighted by Crippen LogP contribution is 2.12. The van der Waals surface area contributed by atoms with E-state index in [1.165, 1.54) is 0 Å². The van der Waals surface area contributed by atoms with Gasteiger partial charge in [0.15, 0.2) is 0 Å². The molecule has 20 heavy (non-hydrogen) atoms. The van der Waals surface area contributed by atoms with Gasteiger partial charge in [-0.25, -0.2) is 4.79 Å². The molecule has 9 heteroatoms. The molecule has 1 aliphatic heterocycles. The SMILES string of the molecule is CC1CN(C(C)C(=O)NC(=O)NCC(F)(F)F)CCO1. The molecule has 6 nitrogen and oxygen atoms in total. The first kappa shape index (κ1) is 16.7. The van der Waals surface area contributed by atoms with Crippen LogP contribution in [0.3, 0.4) is 0 Å². The van der Waals surface area contributed by atoms with E-state index in [2.05, 4.69) is 0 Å². The topological polar surface area (TPSA) is 70.7 Å². The van der Waals surface area contributed by atoms with Gasteiger partial charge in [0, 0.05) is 13.1 Å². The molecule has 0 aromatic heterocycles. The Hall–Kier alpha value is -1.35. The van der Waals surface area contributed by atoms with Gasteiger partial charge in [0.2, 0.25) is 5.91 Å². The Kier molecular flexibility index (Phi) is 5.75. The summed E-state index contributed by atoms with van der Waals surface area (Å²) in [5.41, 5.74) is 0. The molecule has 2 N–H and O–H groups in total. The molecule has 1 fully saturated rings. The van der Waals surface area contributed by atoms with Crippen molar-refractivity contribution in [2.75, 3.05) is 26.2 Å². The van der Waals surface area contributed by atoms with Gasteiger partial charge in [0.1, 0.15) is 6.54 Å². The van der Waals surface area contributed by atoms with Crippen molar-refractivity contribution in [1.29, 1.82) is 0 Å². The first-order chi connectivity index (χ1) is 9.19. The average molecular weight is 297 g/mol. The van der Waals surface area contributed by atoms with Crippen molar-refractivity contribution < 1.29 is 27.5 Å². The van der Waals surface area contributed by atoms with E-state index in [4.69, 9.17) is 4.74 Å². The lowest BCUT2D eigenvalue weighted by molar-refractivity contribution is -0.129. The number of hydrogen-bond acceptors (Lipinski definition) is 4. The number of alkyl halides is 3. The summed E-state index contributed by atoms with van der Waals surface area (Å²) in [5.74, 6) is -0.640. The van der Waals surface area contributed by atoms with E-state index in [9.17, 15) is 22.8 Å². The molecule has 1 saturated heterocycles. The van der Waals surface area contributed by atoms with E-state index in [0.717, 1.165) is 0 Å². The zero-order valence-electron chi connectivity index (χ0n) is 11.3. The molecule has 1 heterocycles. The second-order valence-corrected chi connectivity index (χ2v) is 4.64. The number of rotatable bonds is 3. The van der Waals surface area contributed by atoms with Crippen LogP contribution in [0.15, 0.2) is 0 Å². The lowest BCUT2D eigenvalue weighted by Gasteiger charge is -2.34. The molecule has 1 rings (SSSR count). The zero-order chi connectivity index (χ0) is 15.3. The molecule has 0 saturated carbocycles. The summed E-state index contributed by atoms with van der Waals surface area (Å²) >= 11 is 0. The summed E-state index contributed by atoms with van der Waals surface area (Å²) < 4.78 is 41.0. The van der Waals surface area contributed by atoms with E-state index in [-0.39, 0.29) is 6.10 Å². The molecular weight excluding hydrogens is 279 g/mol. The van der Waals surface area contributed by atoms with Crippen LogP contribution < -0.4 is 10.6 Å². The van der Waals surface area contributed by atoms with E-state index in [1.54, 1.807) is 17.1 Å². The van der Waals surface area contributed by atoms with Crippen molar-refractivity contribution in [1.82, 2.24) is 15.5 Å². The predicted octanol–water partition coefficient (Wildman–Crippen LogP) is 0.484. The highest BCUT2D eigenvalue weighted by Gasteiger charge is 2.30. The fraction of sp³-hybridized carbons (Fsp3) is 0.818. The quantitative estimate of drug-likeness (QED) is 0.795. The summed E-state index contributed by atoms with van der Waals surface area (Å²) in [6, 6.07) is -1.77. The first-order valence-corrected chi connectivity index (χ1v) is 6.20. The van der Waals surface area contributed by atoms with Crippen LogP contribution in [0.2, 0.25) is 0 Å². The third kappa shape index (κ3) is 5.74. The molecule has 0 radical (unpaired) electrons. The Morgan fingerprint density at radius 1 is 1.45 bits per heavy atom. The van der Waals surface area contributed by atoms with Gasteiger partial charge in [-0.3, -0.25) is 15.0 Å². The minimum absolute atomic E-state index is 0.0296. The van der Waals surface area contributed by atoms with Crippen LogP contribution in [0, 0.1) is 0 Å². The minimum atomic E-state index is -4.51. The number of nitrogens with one attached hydrogen (secondary N) is 2. The first-order valence-electron chi connectivity index (χ1n) is 6.20. The summed E-state index contributed by atoms with van der Waals surface area (Å²) in [5, 5.41) is 3.47. The normalized spacial score (nSPS) is 22.1. The van der Waals surface area contributed by atoms with Crippen molar-refractivity contribution in [2.45, 2.75) is 32.2 Å². The van der Waals surface area contributed by atoms with Crippen molar-refractivity contribution in [3.8, 4) is 0 Å². The van der Waals surface area contributed by atoms with Crippen LogP contribution in [0.4, 0.5) is 18.0 Å². The highest BCUT2D eigenvalue weighted by molar-refractivity contribution is 5.96. The molecule has 0 aliphatic carbocycles. The van der Waals surface area contributed by atoms with Gasteiger partial charge in [-0.1, -0.05) is 0 Å². The molecule has 0 aromatic rings. The van der Waals surface area contributed by atoms with E-state index < -0.39 is 30.7 Å². The van der Waals surface area contributed by atoms with Crippen molar-refractivity contribution in [3.63, 3.8) is 0 Å². The molecule has 2 unspecified atom stereocenters. The largest absolute Gasteiger partial charge is 0.405 e. The maximum absolute atomic E-state index is 11.9. The smallest absolute Gasteiger partial charge is 0.376 e.